The molecule has 3 heteroatoms. The van der Waals surface area contributed by atoms with Crippen molar-refractivity contribution in [2.75, 3.05) is 7.05 Å². The Hall–Kier alpha value is -1.87. The van der Waals surface area contributed by atoms with Crippen LogP contribution in [0, 0.1) is 6.92 Å². The topological polar surface area (TPSA) is 15.6 Å². The summed E-state index contributed by atoms with van der Waals surface area (Å²) in [6.45, 7) is 2.20. The molecule has 0 radical (unpaired) electrons. The minimum absolute atomic E-state index is 0.321. The van der Waals surface area contributed by atoms with Gasteiger partial charge in [-0.05, 0) is 30.2 Å². The molecule has 0 fully saturated rings. The van der Waals surface area contributed by atoms with E-state index in [2.05, 4.69) is 66.3 Å². The summed E-state index contributed by atoms with van der Waals surface area (Å²) in [6.07, 6.45) is 6.95. The van der Waals surface area contributed by atoms with E-state index >= 15 is 0 Å². The third-order valence-corrected chi connectivity index (χ3v) is 4.85. The van der Waals surface area contributed by atoms with E-state index in [9.17, 15) is 0 Å². The van der Waals surface area contributed by atoms with Crippen molar-refractivity contribution in [2.24, 2.45) is 4.99 Å². The first-order valence-corrected chi connectivity index (χ1v) is 7.61. The Morgan fingerprint density at radius 1 is 1.25 bits per heavy atom. The van der Waals surface area contributed by atoms with Crippen LogP contribution in [0.25, 0.3) is 0 Å². The maximum Gasteiger partial charge on any atom is 0.0910 e. The van der Waals surface area contributed by atoms with Gasteiger partial charge in [0.15, 0.2) is 0 Å². The van der Waals surface area contributed by atoms with Crippen LogP contribution in [0.3, 0.4) is 0 Å². The SMILES string of the molecule is Cc1cc(Cc2ccccc2)sc1C1C=CN=CN1C. The number of benzene rings is 1. The molecule has 2 nitrogen and oxygen atoms in total. The number of rotatable bonds is 3. The number of hydrogen-bond donors (Lipinski definition) is 0. The van der Waals surface area contributed by atoms with E-state index in [-0.39, 0.29) is 0 Å². The van der Waals surface area contributed by atoms with Crippen molar-refractivity contribution < 1.29 is 0 Å². The highest BCUT2D eigenvalue weighted by molar-refractivity contribution is 7.12. The van der Waals surface area contributed by atoms with Gasteiger partial charge in [-0.25, -0.2) is 4.99 Å². The second-order valence-electron chi connectivity index (χ2n) is 5.14. The summed E-state index contributed by atoms with van der Waals surface area (Å²) in [7, 11) is 2.08. The summed E-state index contributed by atoms with van der Waals surface area (Å²) in [4.78, 5) is 9.16. The van der Waals surface area contributed by atoms with E-state index in [1.807, 2.05) is 23.9 Å². The molecule has 0 bridgehead atoms. The highest BCUT2D eigenvalue weighted by atomic mass is 32.1. The van der Waals surface area contributed by atoms with Crippen LogP contribution in [0.5, 0.6) is 0 Å². The zero-order valence-electron chi connectivity index (χ0n) is 11.8. The smallest absolute Gasteiger partial charge is 0.0910 e. The van der Waals surface area contributed by atoms with E-state index in [1.54, 1.807) is 0 Å². The summed E-state index contributed by atoms with van der Waals surface area (Å²) in [5, 5.41) is 0. The van der Waals surface area contributed by atoms with E-state index in [4.69, 9.17) is 0 Å². The molecule has 0 N–H and O–H groups in total. The first kappa shape index (κ1) is 13.1. The molecule has 1 unspecified atom stereocenters. The molecular weight excluding hydrogens is 264 g/mol. The van der Waals surface area contributed by atoms with Crippen LogP contribution >= 0.6 is 11.3 Å². The third-order valence-electron chi connectivity index (χ3n) is 3.54. The van der Waals surface area contributed by atoms with Crippen LogP contribution in [0.4, 0.5) is 0 Å². The second-order valence-corrected chi connectivity index (χ2v) is 6.31. The van der Waals surface area contributed by atoms with Crippen LogP contribution in [0.2, 0.25) is 0 Å². The maximum atomic E-state index is 4.16. The fourth-order valence-electron chi connectivity index (χ4n) is 2.50. The predicted molar refractivity (Wildman–Crippen MR) is 86.4 cm³/mol. The van der Waals surface area contributed by atoms with Crippen molar-refractivity contribution in [3.63, 3.8) is 0 Å². The summed E-state index contributed by atoms with van der Waals surface area (Å²) in [5.74, 6) is 0. The molecule has 1 aliphatic heterocycles. The van der Waals surface area contributed by atoms with Crippen LogP contribution in [-0.2, 0) is 6.42 Å². The Balaban J connectivity index is 1.84. The average molecular weight is 282 g/mol. The van der Waals surface area contributed by atoms with Gasteiger partial charge in [-0.1, -0.05) is 30.3 Å². The van der Waals surface area contributed by atoms with E-state index in [1.165, 1.54) is 20.9 Å². The highest BCUT2D eigenvalue weighted by Crippen LogP contribution is 2.33. The van der Waals surface area contributed by atoms with Crippen LogP contribution in [0.1, 0.15) is 26.9 Å². The molecule has 0 spiro atoms. The summed E-state index contributed by atoms with van der Waals surface area (Å²) in [5.41, 5.74) is 2.74. The number of likely N-dealkylation sites (N-methyl/N-ethyl adjacent to an activating group) is 1. The first-order chi connectivity index (χ1) is 9.74. The van der Waals surface area contributed by atoms with Gasteiger partial charge in [0, 0.05) is 29.4 Å². The molecule has 2 heterocycles. The molecule has 0 amide bonds. The van der Waals surface area contributed by atoms with Crippen molar-refractivity contribution in [1.29, 1.82) is 0 Å². The van der Waals surface area contributed by atoms with Gasteiger partial charge in [-0.2, -0.15) is 0 Å². The molecule has 0 saturated carbocycles. The van der Waals surface area contributed by atoms with Gasteiger partial charge >= 0.3 is 0 Å². The molecular formula is C17H18N2S. The number of aliphatic imine (C=N–C) groups is 1. The zero-order valence-corrected chi connectivity index (χ0v) is 12.6. The lowest BCUT2D eigenvalue weighted by atomic mass is 10.1. The van der Waals surface area contributed by atoms with Gasteiger partial charge in [-0.15, -0.1) is 11.3 Å². The van der Waals surface area contributed by atoms with Crippen LogP contribution in [0.15, 0.2) is 53.7 Å². The number of thiophene rings is 1. The Morgan fingerprint density at radius 2 is 2.05 bits per heavy atom. The van der Waals surface area contributed by atoms with Crippen LogP contribution in [-0.4, -0.2) is 18.3 Å². The molecule has 1 aliphatic rings. The largest absolute Gasteiger partial charge is 0.354 e. The van der Waals surface area contributed by atoms with Gasteiger partial charge in [0.2, 0.25) is 0 Å². The van der Waals surface area contributed by atoms with Crippen molar-refractivity contribution in [1.82, 2.24) is 4.90 Å². The fraction of sp³-hybridized carbons (Fsp3) is 0.235. The molecule has 3 rings (SSSR count). The quantitative estimate of drug-likeness (QED) is 0.824. The second kappa shape index (κ2) is 5.63. The molecule has 102 valence electrons. The van der Waals surface area contributed by atoms with Gasteiger partial charge in [0.25, 0.3) is 0 Å². The molecule has 0 aliphatic carbocycles. The minimum Gasteiger partial charge on any atom is -0.354 e. The maximum absolute atomic E-state index is 4.16. The minimum atomic E-state index is 0.321. The van der Waals surface area contributed by atoms with Crippen molar-refractivity contribution in [3.8, 4) is 0 Å². The number of aryl methyl sites for hydroxylation is 1. The number of nitrogens with zero attached hydrogens (tertiary/aromatic N) is 2. The molecule has 0 saturated heterocycles. The van der Waals surface area contributed by atoms with Gasteiger partial charge in [-0.3, -0.25) is 0 Å². The lowest BCUT2D eigenvalue weighted by Gasteiger charge is -2.24. The molecule has 2 aromatic rings. The molecule has 1 atom stereocenters. The zero-order chi connectivity index (χ0) is 13.9. The predicted octanol–water partition coefficient (Wildman–Crippen LogP) is 4.18. The van der Waals surface area contributed by atoms with Crippen molar-refractivity contribution in [2.45, 2.75) is 19.4 Å². The van der Waals surface area contributed by atoms with Crippen molar-refractivity contribution in [3.05, 3.63) is 69.6 Å². The molecule has 20 heavy (non-hydrogen) atoms. The van der Waals surface area contributed by atoms with Gasteiger partial charge in [0.1, 0.15) is 0 Å². The van der Waals surface area contributed by atoms with Crippen LogP contribution < -0.4 is 0 Å². The Bertz CT molecular complexity index is 640. The lowest BCUT2D eigenvalue weighted by Crippen LogP contribution is -2.22. The monoisotopic (exact) mass is 282 g/mol. The third kappa shape index (κ3) is 2.68. The average Bonchev–Trinajstić information content (AvgIpc) is 2.81. The molecule has 1 aromatic carbocycles. The summed E-state index contributed by atoms with van der Waals surface area (Å²) in [6, 6.07) is 13.3. The van der Waals surface area contributed by atoms with E-state index in [0.29, 0.717) is 6.04 Å². The standard InChI is InChI=1S/C17H18N2S/c1-13-10-15(11-14-6-4-3-5-7-14)20-17(13)16-8-9-18-12-19(16)2/h3-10,12,16H,11H2,1-2H3. The molecule has 1 aromatic heterocycles. The number of hydrogen-bond acceptors (Lipinski definition) is 3. The van der Waals surface area contributed by atoms with E-state index < -0.39 is 0 Å². The van der Waals surface area contributed by atoms with Gasteiger partial charge in [0.05, 0.1) is 12.4 Å². The Morgan fingerprint density at radius 3 is 2.80 bits per heavy atom. The van der Waals surface area contributed by atoms with Gasteiger partial charge < -0.3 is 4.90 Å². The van der Waals surface area contributed by atoms with Crippen molar-refractivity contribution >= 4 is 17.7 Å². The Kier molecular flexibility index (Phi) is 3.70. The lowest BCUT2D eigenvalue weighted by molar-refractivity contribution is 0.450. The fourth-order valence-corrected chi connectivity index (χ4v) is 3.84. The highest BCUT2D eigenvalue weighted by Gasteiger charge is 2.19. The Labute approximate surface area is 124 Å². The first-order valence-electron chi connectivity index (χ1n) is 6.79. The normalized spacial score (nSPS) is 17.7. The summed E-state index contributed by atoms with van der Waals surface area (Å²) >= 11 is 1.91. The summed E-state index contributed by atoms with van der Waals surface area (Å²) < 4.78 is 0. The van der Waals surface area contributed by atoms with E-state index in [0.717, 1.165) is 6.42 Å².